The second-order valence-corrected chi connectivity index (χ2v) is 3.79. The predicted molar refractivity (Wildman–Crippen MR) is 69.2 cm³/mol. The van der Waals surface area contributed by atoms with E-state index in [1.54, 1.807) is 6.08 Å². The minimum atomic E-state index is -0.954. The summed E-state index contributed by atoms with van der Waals surface area (Å²) in [6.07, 6.45) is 1.60. The number of carbonyl (C=O) groups is 1. The fourth-order valence-electron chi connectivity index (χ4n) is 1.65. The van der Waals surface area contributed by atoms with Crippen LogP contribution in [0.3, 0.4) is 0 Å². The Bertz CT molecular complexity index is 567. The third-order valence-electron chi connectivity index (χ3n) is 2.41. The lowest BCUT2D eigenvalue weighted by molar-refractivity contribution is -0.135. The van der Waals surface area contributed by atoms with Crippen LogP contribution < -0.4 is 4.90 Å². The van der Waals surface area contributed by atoms with Gasteiger partial charge in [0.25, 0.3) is 5.95 Å². The molecule has 7 heteroatoms. The summed E-state index contributed by atoms with van der Waals surface area (Å²) < 4.78 is 1.49. The quantitative estimate of drug-likeness (QED) is 0.770. The van der Waals surface area contributed by atoms with Crippen LogP contribution in [-0.4, -0.2) is 44.4 Å². The summed E-state index contributed by atoms with van der Waals surface area (Å²) in [5, 5.41) is 20.3. The van der Waals surface area contributed by atoms with Gasteiger partial charge in [-0.3, -0.25) is 4.79 Å². The molecule has 0 bridgehead atoms. The highest BCUT2D eigenvalue weighted by Gasteiger charge is 2.17. The first-order valence-corrected chi connectivity index (χ1v) is 5.64. The highest BCUT2D eigenvalue weighted by molar-refractivity contribution is 5.73. The molecule has 1 aromatic heterocycles. The fourth-order valence-corrected chi connectivity index (χ4v) is 1.65. The summed E-state index contributed by atoms with van der Waals surface area (Å²) >= 11 is 0. The molecule has 1 heterocycles. The maximum atomic E-state index is 10.9. The van der Waals surface area contributed by atoms with Crippen LogP contribution in [0.4, 0.5) is 5.95 Å². The number of hydrogen-bond acceptors (Lipinski definition) is 5. The molecule has 0 aliphatic carbocycles. The number of anilines is 1. The van der Waals surface area contributed by atoms with Crippen LogP contribution in [-0.2, 0) is 4.79 Å². The molecule has 1 aromatic carbocycles. The fraction of sp³-hybridized carbons (Fsp3) is 0.167. The summed E-state index contributed by atoms with van der Waals surface area (Å²) in [7, 11) is 0. The molecule has 0 unspecified atom stereocenters. The molecule has 1 N–H and O–H groups in total. The number of aromatic nitrogens is 4. The van der Waals surface area contributed by atoms with Gasteiger partial charge in [-0.25, -0.2) is 0 Å². The lowest BCUT2D eigenvalue weighted by Gasteiger charge is -2.19. The Morgan fingerprint density at radius 1 is 1.42 bits per heavy atom. The SMILES string of the molecule is C=CCN(CC(=O)O)c1nnnn1-c1ccccc1. The zero-order chi connectivity index (χ0) is 13.7. The van der Waals surface area contributed by atoms with Crippen LogP contribution >= 0.6 is 0 Å². The summed E-state index contributed by atoms with van der Waals surface area (Å²) in [6.45, 7) is 3.76. The van der Waals surface area contributed by atoms with Crippen molar-refractivity contribution in [2.24, 2.45) is 0 Å². The van der Waals surface area contributed by atoms with Gasteiger partial charge >= 0.3 is 5.97 Å². The third kappa shape index (κ3) is 2.95. The van der Waals surface area contributed by atoms with Crippen LogP contribution in [0, 0.1) is 0 Å². The number of rotatable bonds is 6. The molecule has 0 radical (unpaired) electrons. The molecule has 0 fully saturated rings. The average molecular weight is 259 g/mol. The van der Waals surface area contributed by atoms with Crippen molar-refractivity contribution in [2.45, 2.75) is 0 Å². The zero-order valence-corrected chi connectivity index (χ0v) is 10.2. The van der Waals surface area contributed by atoms with E-state index in [0.717, 1.165) is 5.69 Å². The molecule has 2 aromatic rings. The van der Waals surface area contributed by atoms with Crippen molar-refractivity contribution in [3.63, 3.8) is 0 Å². The smallest absolute Gasteiger partial charge is 0.323 e. The molecular weight excluding hydrogens is 246 g/mol. The highest BCUT2D eigenvalue weighted by Crippen LogP contribution is 2.14. The summed E-state index contributed by atoms with van der Waals surface area (Å²) in [5.41, 5.74) is 0.766. The van der Waals surface area contributed by atoms with Crippen LogP contribution in [0.2, 0.25) is 0 Å². The lowest BCUT2D eigenvalue weighted by Crippen LogP contribution is -2.32. The Labute approximate surface area is 109 Å². The van der Waals surface area contributed by atoms with Gasteiger partial charge in [0.05, 0.1) is 5.69 Å². The van der Waals surface area contributed by atoms with Crippen LogP contribution in [0.25, 0.3) is 5.69 Å². The minimum Gasteiger partial charge on any atom is -0.480 e. The first-order valence-electron chi connectivity index (χ1n) is 5.64. The van der Waals surface area contributed by atoms with Gasteiger partial charge in [0.2, 0.25) is 0 Å². The molecule has 0 spiro atoms. The normalized spacial score (nSPS) is 10.1. The van der Waals surface area contributed by atoms with E-state index in [9.17, 15) is 4.79 Å². The van der Waals surface area contributed by atoms with Crippen molar-refractivity contribution >= 4 is 11.9 Å². The zero-order valence-electron chi connectivity index (χ0n) is 10.2. The van der Waals surface area contributed by atoms with Gasteiger partial charge < -0.3 is 10.0 Å². The van der Waals surface area contributed by atoms with E-state index in [4.69, 9.17) is 5.11 Å². The Kier molecular flexibility index (Phi) is 3.87. The second-order valence-electron chi connectivity index (χ2n) is 3.79. The Balaban J connectivity index is 2.36. The lowest BCUT2D eigenvalue weighted by atomic mass is 10.3. The first kappa shape index (κ1) is 12.7. The van der Waals surface area contributed by atoms with Crippen LogP contribution in [0.15, 0.2) is 43.0 Å². The number of para-hydroxylation sites is 1. The molecule has 98 valence electrons. The van der Waals surface area contributed by atoms with E-state index in [0.29, 0.717) is 12.5 Å². The van der Waals surface area contributed by atoms with Crippen LogP contribution in [0.1, 0.15) is 0 Å². The van der Waals surface area contributed by atoms with Crippen molar-refractivity contribution in [1.82, 2.24) is 20.2 Å². The van der Waals surface area contributed by atoms with Gasteiger partial charge in [0.1, 0.15) is 6.54 Å². The highest BCUT2D eigenvalue weighted by atomic mass is 16.4. The Morgan fingerprint density at radius 2 is 2.16 bits per heavy atom. The molecule has 7 nitrogen and oxygen atoms in total. The molecule has 2 rings (SSSR count). The summed E-state index contributed by atoms with van der Waals surface area (Å²) in [5.74, 6) is -0.585. The van der Waals surface area contributed by atoms with E-state index in [-0.39, 0.29) is 6.54 Å². The standard InChI is InChI=1S/C12H13N5O2/c1-2-8-16(9-11(18)19)12-13-14-15-17(12)10-6-4-3-5-7-10/h2-7H,1,8-9H2,(H,18,19). The monoisotopic (exact) mass is 259 g/mol. The van der Waals surface area contributed by atoms with E-state index in [1.807, 2.05) is 30.3 Å². The molecular formula is C12H13N5O2. The van der Waals surface area contributed by atoms with Gasteiger partial charge in [-0.1, -0.05) is 29.4 Å². The van der Waals surface area contributed by atoms with Crippen molar-refractivity contribution in [3.05, 3.63) is 43.0 Å². The van der Waals surface area contributed by atoms with Crippen molar-refractivity contribution < 1.29 is 9.90 Å². The number of nitrogens with zero attached hydrogens (tertiary/aromatic N) is 5. The second kappa shape index (κ2) is 5.76. The first-order chi connectivity index (χ1) is 9.22. The number of hydrogen-bond donors (Lipinski definition) is 1. The number of aliphatic carboxylic acids is 1. The van der Waals surface area contributed by atoms with Gasteiger partial charge in [-0.15, -0.1) is 6.58 Å². The molecule has 0 amide bonds. The molecule has 0 atom stereocenters. The third-order valence-corrected chi connectivity index (χ3v) is 2.41. The largest absolute Gasteiger partial charge is 0.480 e. The van der Waals surface area contributed by atoms with Gasteiger partial charge in [-0.05, 0) is 22.6 Å². The maximum absolute atomic E-state index is 10.9. The van der Waals surface area contributed by atoms with Crippen LogP contribution in [0.5, 0.6) is 0 Å². The number of tetrazole rings is 1. The van der Waals surface area contributed by atoms with E-state index in [1.165, 1.54) is 9.58 Å². The topological polar surface area (TPSA) is 84.1 Å². The van der Waals surface area contributed by atoms with Crippen molar-refractivity contribution in [3.8, 4) is 5.69 Å². The molecule has 0 aliphatic heterocycles. The minimum absolute atomic E-state index is 0.195. The van der Waals surface area contributed by atoms with Gasteiger partial charge in [-0.2, -0.15) is 4.68 Å². The van der Waals surface area contributed by atoms with Crippen molar-refractivity contribution in [1.29, 1.82) is 0 Å². The average Bonchev–Trinajstić information content (AvgIpc) is 2.88. The maximum Gasteiger partial charge on any atom is 0.323 e. The Hall–Kier alpha value is -2.70. The molecule has 0 aliphatic rings. The van der Waals surface area contributed by atoms with Crippen molar-refractivity contribution in [2.75, 3.05) is 18.0 Å². The van der Waals surface area contributed by atoms with Gasteiger partial charge in [0.15, 0.2) is 0 Å². The predicted octanol–water partition coefficient (Wildman–Crippen LogP) is 0.739. The van der Waals surface area contributed by atoms with E-state index < -0.39 is 5.97 Å². The number of carboxylic acids is 1. The van der Waals surface area contributed by atoms with E-state index in [2.05, 4.69) is 22.1 Å². The molecule has 0 saturated heterocycles. The summed E-state index contributed by atoms with van der Waals surface area (Å²) in [6, 6.07) is 9.28. The number of benzene rings is 1. The molecule has 19 heavy (non-hydrogen) atoms. The van der Waals surface area contributed by atoms with E-state index >= 15 is 0 Å². The number of carboxylic acid groups (broad SMARTS) is 1. The Morgan fingerprint density at radius 3 is 2.79 bits per heavy atom. The van der Waals surface area contributed by atoms with Gasteiger partial charge in [0, 0.05) is 6.54 Å². The molecule has 0 saturated carbocycles. The summed E-state index contributed by atoms with van der Waals surface area (Å²) in [4.78, 5) is 12.4.